The Hall–Kier alpha value is -2.95. The van der Waals surface area contributed by atoms with Gasteiger partial charge in [-0.15, -0.1) is 0 Å². The fourth-order valence-electron chi connectivity index (χ4n) is 2.79. The molecule has 120 valence electrons. The average Bonchev–Trinajstić information content (AvgIpc) is 3.27. The third-order valence-corrected chi connectivity index (χ3v) is 4.36. The molecule has 5 heteroatoms. The highest BCUT2D eigenvalue weighted by molar-refractivity contribution is 6.01. The smallest absolute Gasteiger partial charge is 0.236 e. The highest BCUT2D eigenvalue weighted by Crippen LogP contribution is 2.49. The van der Waals surface area contributed by atoms with Gasteiger partial charge in [0.25, 0.3) is 0 Å². The Balaban J connectivity index is 1.60. The molecule has 2 aromatic carbocycles. The Morgan fingerprint density at radius 3 is 2.50 bits per heavy atom. The van der Waals surface area contributed by atoms with E-state index in [1.54, 1.807) is 24.3 Å². The van der Waals surface area contributed by atoms with Gasteiger partial charge in [0.15, 0.2) is 5.76 Å². The van der Waals surface area contributed by atoms with E-state index in [4.69, 9.17) is 4.52 Å². The predicted molar refractivity (Wildman–Crippen MR) is 87.9 cm³/mol. The lowest BCUT2D eigenvalue weighted by atomic mass is 10.00. The molecule has 3 aromatic rings. The molecule has 1 fully saturated rings. The molecule has 0 radical (unpaired) electrons. The van der Waals surface area contributed by atoms with E-state index in [2.05, 4.69) is 10.5 Å². The van der Waals surface area contributed by atoms with Gasteiger partial charge >= 0.3 is 0 Å². The molecular formula is C19H15FN2O2. The Kier molecular flexibility index (Phi) is 3.41. The van der Waals surface area contributed by atoms with Crippen molar-refractivity contribution in [3.05, 3.63) is 72.2 Å². The van der Waals surface area contributed by atoms with Crippen molar-refractivity contribution >= 4 is 11.6 Å². The molecule has 0 aliphatic heterocycles. The average molecular weight is 322 g/mol. The molecule has 1 N–H and O–H groups in total. The van der Waals surface area contributed by atoms with Crippen molar-refractivity contribution in [1.29, 1.82) is 0 Å². The van der Waals surface area contributed by atoms with Crippen molar-refractivity contribution in [1.82, 2.24) is 5.16 Å². The zero-order chi connectivity index (χ0) is 16.6. The summed E-state index contributed by atoms with van der Waals surface area (Å²) in [4.78, 5) is 12.6. The van der Waals surface area contributed by atoms with Crippen molar-refractivity contribution < 1.29 is 13.7 Å². The van der Waals surface area contributed by atoms with Crippen LogP contribution in [-0.4, -0.2) is 11.1 Å². The number of hydrogen-bond donors (Lipinski definition) is 1. The summed E-state index contributed by atoms with van der Waals surface area (Å²) in [5.74, 6) is -0.150. The van der Waals surface area contributed by atoms with Crippen molar-refractivity contribution in [2.45, 2.75) is 18.3 Å². The minimum atomic E-state index is -0.678. The number of aromatic nitrogens is 1. The maximum absolute atomic E-state index is 13.9. The zero-order valence-electron chi connectivity index (χ0n) is 12.8. The number of carbonyl (C=O) groups excluding carboxylic acids is 1. The van der Waals surface area contributed by atoms with E-state index in [0.29, 0.717) is 29.9 Å². The number of halogens is 1. The summed E-state index contributed by atoms with van der Waals surface area (Å²) in [6, 6.07) is 17.3. The van der Waals surface area contributed by atoms with Gasteiger partial charge < -0.3 is 9.84 Å². The summed E-state index contributed by atoms with van der Waals surface area (Å²) in [5, 5.41) is 6.94. The molecule has 0 atom stereocenters. The number of amides is 1. The molecule has 4 rings (SSSR count). The SMILES string of the molecule is O=C(Nc1ccccc1)C1(c2cc(-c3ccccc3F)on2)CC1. The zero-order valence-corrected chi connectivity index (χ0v) is 12.8. The predicted octanol–water partition coefficient (Wildman–Crippen LogP) is 4.15. The van der Waals surface area contributed by atoms with Gasteiger partial charge in [-0.3, -0.25) is 4.79 Å². The van der Waals surface area contributed by atoms with Crippen LogP contribution in [0.4, 0.5) is 10.1 Å². The Labute approximate surface area is 138 Å². The first-order chi connectivity index (χ1) is 11.7. The number of benzene rings is 2. The minimum Gasteiger partial charge on any atom is -0.356 e. The van der Waals surface area contributed by atoms with Crippen LogP contribution in [-0.2, 0) is 10.2 Å². The van der Waals surface area contributed by atoms with E-state index < -0.39 is 5.41 Å². The second-order valence-electron chi connectivity index (χ2n) is 5.96. The molecule has 1 aliphatic carbocycles. The van der Waals surface area contributed by atoms with Crippen molar-refractivity contribution in [2.24, 2.45) is 0 Å². The largest absolute Gasteiger partial charge is 0.356 e. The molecular weight excluding hydrogens is 307 g/mol. The topological polar surface area (TPSA) is 55.1 Å². The van der Waals surface area contributed by atoms with Gasteiger partial charge in [0.1, 0.15) is 5.82 Å². The second-order valence-corrected chi connectivity index (χ2v) is 5.96. The van der Waals surface area contributed by atoms with Crippen LogP contribution in [0.25, 0.3) is 11.3 Å². The first kappa shape index (κ1) is 14.6. The summed E-state index contributed by atoms with van der Waals surface area (Å²) in [7, 11) is 0. The van der Waals surface area contributed by atoms with E-state index >= 15 is 0 Å². The van der Waals surface area contributed by atoms with Gasteiger partial charge in [-0.1, -0.05) is 35.5 Å². The van der Waals surface area contributed by atoms with E-state index in [1.165, 1.54) is 6.07 Å². The van der Waals surface area contributed by atoms with E-state index in [9.17, 15) is 9.18 Å². The lowest BCUT2D eigenvalue weighted by molar-refractivity contribution is -0.118. The van der Waals surface area contributed by atoms with Crippen LogP contribution < -0.4 is 5.32 Å². The van der Waals surface area contributed by atoms with Crippen LogP contribution in [0.3, 0.4) is 0 Å². The Bertz CT molecular complexity index is 885. The van der Waals surface area contributed by atoms with Crippen LogP contribution in [0, 0.1) is 5.82 Å². The van der Waals surface area contributed by atoms with Crippen molar-refractivity contribution in [2.75, 3.05) is 5.32 Å². The molecule has 1 amide bonds. The number of carbonyl (C=O) groups is 1. The maximum atomic E-state index is 13.9. The molecule has 1 heterocycles. The van der Waals surface area contributed by atoms with Gasteiger partial charge in [0.05, 0.1) is 16.7 Å². The van der Waals surface area contributed by atoms with E-state index in [0.717, 1.165) is 5.69 Å². The third-order valence-electron chi connectivity index (χ3n) is 4.36. The molecule has 1 aromatic heterocycles. The molecule has 4 nitrogen and oxygen atoms in total. The minimum absolute atomic E-state index is 0.109. The quantitative estimate of drug-likeness (QED) is 0.785. The Morgan fingerprint density at radius 2 is 1.79 bits per heavy atom. The van der Waals surface area contributed by atoms with Crippen LogP contribution in [0.1, 0.15) is 18.5 Å². The van der Waals surface area contributed by atoms with Crippen LogP contribution in [0.15, 0.2) is 65.2 Å². The van der Waals surface area contributed by atoms with Gasteiger partial charge in [-0.2, -0.15) is 0 Å². The molecule has 0 unspecified atom stereocenters. The third kappa shape index (κ3) is 2.48. The molecule has 1 saturated carbocycles. The summed E-state index contributed by atoms with van der Waals surface area (Å²) in [5.41, 5.74) is 0.958. The van der Waals surface area contributed by atoms with Crippen molar-refractivity contribution in [3.63, 3.8) is 0 Å². The van der Waals surface area contributed by atoms with E-state index in [-0.39, 0.29) is 11.7 Å². The number of rotatable bonds is 4. The van der Waals surface area contributed by atoms with E-state index in [1.807, 2.05) is 30.3 Å². The molecule has 0 saturated heterocycles. The van der Waals surface area contributed by atoms with Crippen molar-refractivity contribution in [3.8, 4) is 11.3 Å². The molecule has 24 heavy (non-hydrogen) atoms. The first-order valence-corrected chi connectivity index (χ1v) is 7.78. The highest BCUT2D eigenvalue weighted by atomic mass is 19.1. The van der Waals surface area contributed by atoms with Gasteiger partial charge in [0.2, 0.25) is 5.91 Å². The summed E-state index contributed by atoms with van der Waals surface area (Å²) >= 11 is 0. The monoisotopic (exact) mass is 322 g/mol. The second kappa shape index (κ2) is 5.60. The molecule has 0 bridgehead atoms. The lowest BCUT2D eigenvalue weighted by Gasteiger charge is -2.12. The highest BCUT2D eigenvalue weighted by Gasteiger charge is 2.53. The fraction of sp³-hybridized carbons (Fsp3) is 0.158. The molecule has 1 aliphatic rings. The standard InChI is InChI=1S/C19H15FN2O2/c20-15-9-5-4-8-14(15)16-12-17(22-24-16)19(10-11-19)18(23)21-13-6-2-1-3-7-13/h1-9,12H,10-11H2,(H,21,23). The number of nitrogens with one attached hydrogen (secondary N) is 1. The van der Waals surface area contributed by atoms with Gasteiger partial charge in [-0.05, 0) is 37.1 Å². The Morgan fingerprint density at radius 1 is 1.08 bits per heavy atom. The number of nitrogens with zero attached hydrogens (tertiary/aromatic N) is 1. The summed E-state index contributed by atoms with van der Waals surface area (Å²) < 4.78 is 19.2. The maximum Gasteiger partial charge on any atom is 0.236 e. The van der Waals surface area contributed by atoms with Gasteiger partial charge in [0, 0.05) is 11.8 Å². The van der Waals surface area contributed by atoms with Crippen LogP contribution >= 0.6 is 0 Å². The van der Waals surface area contributed by atoms with Crippen LogP contribution in [0.2, 0.25) is 0 Å². The number of para-hydroxylation sites is 1. The molecule has 0 spiro atoms. The first-order valence-electron chi connectivity index (χ1n) is 7.78. The fourth-order valence-corrected chi connectivity index (χ4v) is 2.79. The summed E-state index contributed by atoms with van der Waals surface area (Å²) in [6.45, 7) is 0. The summed E-state index contributed by atoms with van der Waals surface area (Å²) in [6.07, 6.45) is 1.41. The lowest BCUT2D eigenvalue weighted by Crippen LogP contribution is -2.28. The normalized spacial score (nSPS) is 15.0. The van der Waals surface area contributed by atoms with Gasteiger partial charge in [-0.25, -0.2) is 4.39 Å². The van der Waals surface area contributed by atoms with Crippen LogP contribution in [0.5, 0.6) is 0 Å². The number of anilines is 1. The number of hydrogen-bond acceptors (Lipinski definition) is 3.